The maximum atomic E-state index is 6.78. The van der Waals surface area contributed by atoms with E-state index < -0.39 is 0 Å². The summed E-state index contributed by atoms with van der Waals surface area (Å²) in [6.45, 7) is 14.5. The minimum Gasteiger partial charge on any atom is -0.454 e. The molecule has 0 bridgehead atoms. The Balaban J connectivity index is 1.09. The van der Waals surface area contributed by atoms with Crippen LogP contribution in [0, 0.1) is 6.92 Å². The van der Waals surface area contributed by atoms with Crippen LogP contribution in [0.15, 0.2) is 138 Å². The Kier molecular flexibility index (Phi) is 6.94. The second kappa shape index (κ2) is 12.1. The highest BCUT2D eigenvalue weighted by atomic mass is 32.1. The van der Waals surface area contributed by atoms with Crippen molar-refractivity contribution in [1.29, 1.82) is 0 Å². The predicted octanol–water partition coefficient (Wildman–Crippen LogP) is 13.9. The lowest BCUT2D eigenvalue weighted by molar-refractivity contribution is 0.195. The van der Waals surface area contributed by atoms with Gasteiger partial charge in [-0.05, 0) is 126 Å². The van der Waals surface area contributed by atoms with Crippen molar-refractivity contribution in [2.75, 3.05) is 9.80 Å². The van der Waals surface area contributed by atoms with Gasteiger partial charge in [0.15, 0.2) is 5.58 Å². The van der Waals surface area contributed by atoms with E-state index in [-0.39, 0.29) is 23.1 Å². The Morgan fingerprint density at radius 2 is 1.40 bits per heavy atom. The SMILES string of the molecule is Cc1cc2c3c(c1)-n1c4c(cccc4c4oc5ccccc5c41)B3c1ccc(N3c4ccc(C(C)(C)C)cc4C4(C)CCCCC34C)cc1N2c1cccc2c1sc1ccccc12. The summed E-state index contributed by atoms with van der Waals surface area (Å²) < 4.78 is 12.0. The van der Waals surface area contributed by atoms with E-state index in [1.54, 1.807) is 0 Å². The van der Waals surface area contributed by atoms with Gasteiger partial charge >= 0.3 is 0 Å². The van der Waals surface area contributed by atoms with E-state index in [0.29, 0.717) is 0 Å². The van der Waals surface area contributed by atoms with Crippen molar-refractivity contribution in [2.45, 2.75) is 83.6 Å². The van der Waals surface area contributed by atoms with Crippen LogP contribution in [0.4, 0.5) is 28.4 Å². The summed E-state index contributed by atoms with van der Waals surface area (Å²) in [6, 6.07) is 51.2. The molecule has 3 aliphatic heterocycles. The minimum atomic E-state index is -0.0703. The van der Waals surface area contributed by atoms with E-state index in [4.69, 9.17) is 4.42 Å². The van der Waals surface area contributed by atoms with Gasteiger partial charge in [-0.2, -0.15) is 0 Å². The number of para-hydroxylation sites is 2. The molecule has 4 nitrogen and oxygen atoms in total. The molecule has 0 saturated heterocycles. The second-order valence-electron chi connectivity index (χ2n) is 20.5. The fourth-order valence-electron chi connectivity index (χ4n) is 12.9. The zero-order valence-electron chi connectivity index (χ0n) is 36.8. The van der Waals surface area contributed by atoms with Crippen LogP contribution in [-0.2, 0) is 10.8 Å². The van der Waals surface area contributed by atoms with Gasteiger partial charge in [-0.1, -0.05) is 113 Å². The molecule has 7 aromatic carbocycles. The monoisotopic (exact) mass is 833 g/mol. The quantitative estimate of drug-likeness (QED) is 0.162. The lowest BCUT2D eigenvalue weighted by Gasteiger charge is -2.50. The van der Waals surface area contributed by atoms with Crippen LogP contribution in [0.1, 0.15) is 77.0 Å². The Hall–Kier alpha value is -6.24. The number of furan rings is 1. The zero-order chi connectivity index (χ0) is 42.3. The molecule has 1 fully saturated rings. The Morgan fingerprint density at radius 1 is 0.635 bits per heavy atom. The van der Waals surface area contributed by atoms with Crippen molar-refractivity contribution in [1.82, 2.24) is 4.57 Å². The molecule has 1 saturated carbocycles. The van der Waals surface area contributed by atoms with Gasteiger partial charge in [0.05, 0.1) is 21.4 Å². The molecule has 2 unspecified atom stereocenters. The predicted molar refractivity (Wildman–Crippen MR) is 269 cm³/mol. The topological polar surface area (TPSA) is 24.6 Å². The molecule has 1 aliphatic carbocycles. The van der Waals surface area contributed by atoms with Crippen LogP contribution in [0.5, 0.6) is 0 Å². The number of benzene rings is 7. The summed E-state index contributed by atoms with van der Waals surface area (Å²) in [5, 5.41) is 4.96. The third-order valence-electron chi connectivity index (χ3n) is 16.1. The molecule has 4 aliphatic rings. The first-order valence-corrected chi connectivity index (χ1v) is 23.7. The third kappa shape index (κ3) is 4.48. The van der Waals surface area contributed by atoms with Crippen LogP contribution in [-0.4, -0.2) is 16.8 Å². The minimum absolute atomic E-state index is 0.0320. The second-order valence-corrected chi connectivity index (χ2v) is 21.5. The van der Waals surface area contributed by atoms with Gasteiger partial charge in [-0.25, -0.2) is 0 Å². The molecule has 3 aromatic heterocycles. The number of aryl methyl sites for hydroxylation is 1. The number of hydrogen-bond acceptors (Lipinski definition) is 4. The molecule has 63 heavy (non-hydrogen) atoms. The van der Waals surface area contributed by atoms with Crippen molar-refractivity contribution >= 4 is 116 Å². The number of aromatic nitrogens is 1. The highest BCUT2D eigenvalue weighted by Crippen LogP contribution is 2.62. The molecular formula is C57H48BN3OS. The number of thiophene rings is 1. The Labute approximate surface area is 372 Å². The number of rotatable bonds is 2. The Morgan fingerprint density at radius 3 is 2.27 bits per heavy atom. The number of anilines is 5. The summed E-state index contributed by atoms with van der Waals surface area (Å²) >= 11 is 1.92. The van der Waals surface area contributed by atoms with Crippen LogP contribution in [0.2, 0.25) is 0 Å². The lowest BCUT2D eigenvalue weighted by Crippen LogP contribution is -2.60. The van der Waals surface area contributed by atoms with Gasteiger partial charge in [0.1, 0.15) is 11.1 Å². The van der Waals surface area contributed by atoms with Gasteiger partial charge in [0, 0.05) is 60.1 Å². The van der Waals surface area contributed by atoms with E-state index >= 15 is 0 Å². The Bertz CT molecular complexity index is 3660. The smallest absolute Gasteiger partial charge is 0.252 e. The van der Waals surface area contributed by atoms with Gasteiger partial charge in [-0.15, -0.1) is 11.3 Å². The average molecular weight is 834 g/mol. The van der Waals surface area contributed by atoms with Crippen molar-refractivity contribution < 1.29 is 4.42 Å². The number of fused-ring (bicyclic) bond motifs is 15. The van der Waals surface area contributed by atoms with E-state index in [2.05, 4.69) is 189 Å². The molecule has 0 N–H and O–H groups in total. The van der Waals surface area contributed by atoms with E-state index in [0.717, 1.165) is 28.5 Å². The molecule has 10 aromatic rings. The molecule has 2 atom stereocenters. The zero-order valence-corrected chi connectivity index (χ0v) is 37.6. The molecule has 6 heteroatoms. The first-order chi connectivity index (χ1) is 30.5. The van der Waals surface area contributed by atoms with Crippen LogP contribution in [0.3, 0.4) is 0 Å². The van der Waals surface area contributed by atoms with E-state index in [1.165, 1.54) is 118 Å². The normalized spacial score (nSPS) is 20.0. The standard InChI is InChI=1S/C57H48BN3OS/c1-33-29-46-50-47(30-33)60-51-39(53-52(60)38-16-7-9-21-48(38)62-53)18-13-19-42(51)58(50)41-25-24-35(32-45(41)59(46)44-20-14-17-37-36-15-8-10-22-49(36)63-54(37)44)61-43-26-23-34(55(2,3)4)31-40(43)56(5)27-11-12-28-57(56,61)6/h7-10,13-26,29-32H,11-12,27-28H2,1-6H3. The van der Waals surface area contributed by atoms with Crippen molar-refractivity contribution in [3.63, 3.8) is 0 Å². The van der Waals surface area contributed by atoms with Gasteiger partial charge < -0.3 is 18.8 Å². The van der Waals surface area contributed by atoms with Crippen molar-refractivity contribution in [2.24, 2.45) is 0 Å². The highest BCUT2D eigenvalue weighted by molar-refractivity contribution is 7.26. The molecule has 0 amide bonds. The summed E-state index contributed by atoms with van der Waals surface area (Å²) in [5.41, 5.74) is 20.2. The first kappa shape index (κ1) is 36.3. The average Bonchev–Trinajstić information content (AvgIpc) is 4.00. The third-order valence-corrected chi connectivity index (χ3v) is 17.3. The van der Waals surface area contributed by atoms with Crippen LogP contribution >= 0.6 is 11.3 Å². The molecule has 6 heterocycles. The maximum Gasteiger partial charge on any atom is 0.252 e. The molecule has 14 rings (SSSR count). The molecule has 306 valence electrons. The summed E-state index contributed by atoms with van der Waals surface area (Å²) in [5.74, 6) is 0. The molecule has 0 spiro atoms. The largest absolute Gasteiger partial charge is 0.454 e. The number of hydrogen-bond donors (Lipinski definition) is 0. The van der Waals surface area contributed by atoms with E-state index in [9.17, 15) is 0 Å². The van der Waals surface area contributed by atoms with Gasteiger partial charge in [-0.3, -0.25) is 0 Å². The van der Waals surface area contributed by atoms with Crippen molar-refractivity contribution in [3.8, 4) is 5.69 Å². The number of nitrogens with zero attached hydrogens (tertiary/aromatic N) is 3. The highest BCUT2D eigenvalue weighted by Gasteiger charge is 2.58. The van der Waals surface area contributed by atoms with E-state index in [1.807, 2.05) is 11.3 Å². The summed E-state index contributed by atoms with van der Waals surface area (Å²) in [4.78, 5) is 5.43. The molecular weight excluding hydrogens is 786 g/mol. The lowest BCUT2D eigenvalue weighted by atomic mass is 9.33. The van der Waals surface area contributed by atoms with Gasteiger partial charge in [0.25, 0.3) is 6.71 Å². The first-order valence-electron chi connectivity index (χ1n) is 22.9. The summed E-state index contributed by atoms with van der Waals surface area (Å²) in [7, 11) is 0. The maximum absolute atomic E-state index is 6.78. The van der Waals surface area contributed by atoms with Crippen molar-refractivity contribution in [3.05, 3.63) is 150 Å². The van der Waals surface area contributed by atoms with Crippen LogP contribution in [0.25, 0.3) is 58.8 Å². The van der Waals surface area contributed by atoms with Crippen LogP contribution < -0.4 is 26.2 Å². The molecule has 0 radical (unpaired) electrons. The fourth-order valence-corrected chi connectivity index (χ4v) is 14.1. The summed E-state index contributed by atoms with van der Waals surface area (Å²) in [6.07, 6.45) is 4.87. The fraction of sp³-hybridized carbons (Fsp3) is 0.228. The van der Waals surface area contributed by atoms with Gasteiger partial charge in [0.2, 0.25) is 0 Å².